The number of carbonyl (C=O) groups is 1. The van der Waals surface area contributed by atoms with Gasteiger partial charge in [-0.2, -0.15) is 4.31 Å². The van der Waals surface area contributed by atoms with E-state index in [0.29, 0.717) is 29.3 Å². The van der Waals surface area contributed by atoms with Gasteiger partial charge in [0, 0.05) is 35.7 Å². The second kappa shape index (κ2) is 11.0. The van der Waals surface area contributed by atoms with Gasteiger partial charge in [-0.15, -0.1) is 0 Å². The van der Waals surface area contributed by atoms with Gasteiger partial charge < -0.3 is 14.6 Å². The van der Waals surface area contributed by atoms with Crippen molar-refractivity contribution in [3.63, 3.8) is 0 Å². The van der Waals surface area contributed by atoms with E-state index >= 15 is 0 Å². The van der Waals surface area contributed by atoms with Crippen LogP contribution in [0.5, 0.6) is 5.75 Å². The van der Waals surface area contributed by atoms with Crippen LogP contribution in [0.4, 0.5) is 14.5 Å². The number of nitrogens with zero attached hydrogens (tertiary/aromatic N) is 2. The summed E-state index contributed by atoms with van der Waals surface area (Å²) in [4.78, 5) is 12.7. The molecular weight excluding hydrogens is 528 g/mol. The van der Waals surface area contributed by atoms with Crippen LogP contribution in [0, 0.1) is 24.5 Å². The minimum absolute atomic E-state index is 0.0574. The summed E-state index contributed by atoms with van der Waals surface area (Å²) in [5.41, 5.74) is 0.637. The number of hydrogen-bond acceptors (Lipinski definition) is 6. The number of aromatic nitrogens is 1. The van der Waals surface area contributed by atoms with Crippen molar-refractivity contribution in [1.29, 1.82) is 0 Å². The summed E-state index contributed by atoms with van der Waals surface area (Å²) in [6.07, 6.45) is 3.16. The Morgan fingerprint density at radius 3 is 2.59 bits per heavy atom. The minimum atomic E-state index is -4.02. The molecule has 0 unspecified atom stereocenters. The molecule has 0 atom stereocenters. The van der Waals surface area contributed by atoms with Gasteiger partial charge in [-0.25, -0.2) is 17.2 Å². The molecule has 1 aromatic heterocycles. The molecule has 0 radical (unpaired) electrons. The first-order valence-corrected chi connectivity index (χ1v) is 13.2. The summed E-state index contributed by atoms with van der Waals surface area (Å²) >= 11 is 6.03. The van der Waals surface area contributed by atoms with Gasteiger partial charge in [0.1, 0.15) is 23.1 Å². The fourth-order valence-electron chi connectivity index (χ4n) is 4.10. The first-order valence-electron chi connectivity index (χ1n) is 11.3. The average molecular weight is 552 g/mol. The molecule has 1 amide bonds. The van der Waals surface area contributed by atoms with E-state index in [2.05, 4.69) is 10.5 Å². The summed E-state index contributed by atoms with van der Waals surface area (Å²) in [6, 6.07) is 7.92. The molecule has 3 aromatic rings. The highest BCUT2D eigenvalue weighted by atomic mass is 35.5. The van der Waals surface area contributed by atoms with Gasteiger partial charge >= 0.3 is 0 Å². The standard InChI is InChI=1S/C25H24ClF2N3O5S/c1-15-24(23(36-30-15)7-4-16-3-6-19(27)14-20(16)28)37(33,34)31-11-9-17(10-12-31)25(32)29-21-13-18(26)5-8-22(21)35-2/h3-8,13-14,17H,9-12H2,1-2H3,(H,29,32)/b7-4+. The molecular formula is C25H24ClF2N3O5S. The quantitative estimate of drug-likeness (QED) is 0.437. The van der Waals surface area contributed by atoms with Crippen molar-refractivity contribution in [3.8, 4) is 5.75 Å². The van der Waals surface area contributed by atoms with Gasteiger partial charge in [-0.1, -0.05) is 16.8 Å². The summed E-state index contributed by atoms with van der Waals surface area (Å²) in [5, 5.41) is 7.01. The van der Waals surface area contributed by atoms with E-state index in [1.807, 2.05) is 0 Å². The molecule has 1 aliphatic rings. The van der Waals surface area contributed by atoms with Crippen molar-refractivity contribution in [1.82, 2.24) is 9.46 Å². The van der Waals surface area contributed by atoms with Crippen molar-refractivity contribution in [2.24, 2.45) is 5.92 Å². The number of anilines is 1. The number of aryl methyl sites for hydroxylation is 1. The number of benzene rings is 2. The second-order valence-electron chi connectivity index (χ2n) is 8.47. The maximum Gasteiger partial charge on any atom is 0.248 e. The minimum Gasteiger partial charge on any atom is -0.495 e. The number of amides is 1. The topological polar surface area (TPSA) is 102 Å². The molecule has 2 aromatic carbocycles. The second-order valence-corrected chi connectivity index (χ2v) is 10.8. The number of carbonyl (C=O) groups excluding carboxylic acids is 1. The first kappa shape index (κ1) is 26.8. The molecule has 8 nitrogen and oxygen atoms in total. The summed E-state index contributed by atoms with van der Waals surface area (Å²) in [6.45, 7) is 1.70. The van der Waals surface area contributed by atoms with E-state index in [0.717, 1.165) is 12.1 Å². The van der Waals surface area contributed by atoms with E-state index in [1.54, 1.807) is 18.2 Å². The highest BCUT2D eigenvalue weighted by Crippen LogP contribution is 2.32. The molecule has 0 saturated carbocycles. The van der Waals surface area contributed by atoms with E-state index in [4.69, 9.17) is 20.9 Å². The third-order valence-corrected chi connectivity index (χ3v) is 8.34. The molecule has 2 heterocycles. The van der Waals surface area contributed by atoms with Gasteiger partial charge in [-0.3, -0.25) is 4.79 Å². The largest absolute Gasteiger partial charge is 0.495 e. The maximum absolute atomic E-state index is 14.0. The van der Waals surface area contributed by atoms with E-state index in [1.165, 1.54) is 36.6 Å². The first-order chi connectivity index (χ1) is 17.6. The van der Waals surface area contributed by atoms with Crippen LogP contribution in [-0.2, 0) is 14.8 Å². The van der Waals surface area contributed by atoms with Crippen LogP contribution in [-0.4, -0.2) is 44.0 Å². The third-order valence-electron chi connectivity index (χ3n) is 6.05. The molecule has 1 fully saturated rings. The Morgan fingerprint density at radius 1 is 1.19 bits per heavy atom. The molecule has 1 saturated heterocycles. The Morgan fingerprint density at radius 2 is 1.92 bits per heavy atom. The lowest BCUT2D eigenvalue weighted by molar-refractivity contribution is -0.120. The van der Waals surface area contributed by atoms with E-state index in [9.17, 15) is 22.0 Å². The van der Waals surface area contributed by atoms with Crippen LogP contribution in [0.1, 0.15) is 29.9 Å². The lowest BCUT2D eigenvalue weighted by Gasteiger charge is -2.30. The van der Waals surface area contributed by atoms with Gasteiger partial charge in [0.25, 0.3) is 0 Å². The molecule has 1 aliphatic heterocycles. The molecule has 37 heavy (non-hydrogen) atoms. The van der Waals surface area contributed by atoms with Crippen molar-refractivity contribution in [3.05, 3.63) is 70.1 Å². The monoisotopic (exact) mass is 551 g/mol. The lowest BCUT2D eigenvalue weighted by atomic mass is 9.97. The molecule has 0 spiro atoms. The molecule has 1 N–H and O–H groups in total. The highest BCUT2D eigenvalue weighted by Gasteiger charge is 2.36. The summed E-state index contributed by atoms with van der Waals surface area (Å²) in [7, 11) is -2.54. The van der Waals surface area contributed by atoms with Crippen LogP contribution in [0.15, 0.2) is 45.8 Å². The van der Waals surface area contributed by atoms with Crippen LogP contribution in [0.2, 0.25) is 5.02 Å². The van der Waals surface area contributed by atoms with Crippen molar-refractivity contribution >= 4 is 45.4 Å². The van der Waals surface area contributed by atoms with Crippen molar-refractivity contribution in [2.75, 3.05) is 25.5 Å². The Labute approximate surface area is 217 Å². The number of rotatable bonds is 7. The molecule has 12 heteroatoms. The number of hydrogen-bond donors (Lipinski definition) is 1. The maximum atomic E-state index is 14.0. The molecule has 4 rings (SSSR count). The molecule has 0 aliphatic carbocycles. The lowest BCUT2D eigenvalue weighted by Crippen LogP contribution is -2.41. The molecule has 196 valence electrons. The Bertz CT molecular complexity index is 1450. The van der Waals surface area contributed by atoms with Gasteiger partial charge in [0.05, 0.1) is 12.8 Å². The number of nitrogens with one attached hydrogen (secondary N) is 1. The smallest absolute Gasteiger partial charge is 0.248 e. The number of halogens is 3. The zero-order chi connectivity index (χ0) is 26.7. The number of methoxy groups -OCH3 is 1. The van der Waals surface area contributed by atoms with Crippen LogP contribution >= 0.6 is 11.6 Å². The predicted molar refractivity (Wildman–Crippen MR) is 135 cm³/mol. The van der Waals surface area contributed by atoms with Crippen molar-refractivity contribution < 1.29 is 31.3 Å². The zero-order valence-corrected chi connectivity index (χ0v) is 21.6. The van der Waals surface area contributed by atoms with Gasteiger partial charge in [0.15, 0.2) is 10.7 Å². The van der Waals surface area contributed by atoms with E-state index in [-0.39, 0.29) is 40.9 Å². The normalized spacial score (nSPS) is 15.3. The van der Waals surface area contributed by atoms with Crippen molar-refractivity contribution in [2.45, 2.75) is 24.7 Å². The SMILES string of the molecule is COc1ccc(Cl)cc1NC(=O)C1CCN(S(=O)(=O)c2c(C)noc2/C=C/c2ccc(F)cc2F)CC1. The summed E-state index contributed by atoms with van der Waals surface area (Å²) in [5.74, 6) is -1.82. The fraction of sp³-hybridized carbons (Fsp3) is 0.280. The van der Waals surface area contributed by atoms with Crippen LogP contribution in [0.25, 0.3) is 12.2 Å². The third kappa shape index (κ3) is 5.84. The Balaban J connectivity index is 1.47. The Kier molecular flexibility index (Phi) is 7.96. The van der Waals surface area contributed by atoms with E-state index < -0.39 is 27.6 Å². The fourth-order valence-corrected chi connectivity index (χ4v) is 5.99. The number of piperidine rings is 1. The summed E-state index contributed by atoms with van der Waals surface area (Å²) < 4.78 is 65.7. The van der Waals surface area contributed by atoms with Gasteiger partial charge in [0.2, 0.25) is 15.9 Å². The van der Waals surface area contributed by atoms with Crippen LogP contribution < -0.4 is 10.1 Å². The predicted octanol–water partition coefficient (Wildman–Crippen LogP) is 5.13. The molecule has 0 bridgehead atoms. The Hall–Kier alpha value is -3.28. The highest BCUT2D eigenvalue weighted by molar-refractivity contribution is 7.89. The van der Waals surface area contributed by atoms with Crippen LogP contribution in [0.3, 0.4) is 0 Å². The zero-order valence-electron chi connectivity index (χ0n) is 20.0. The number of ether oxygens (including phenoxy) is 1. The number of sulfonamides is 1. The average Bonchev–Trinajstić information content (AvgIpc) is 3.24. The van der Waals surface area contributed by atoms with Gasteiger partial charge in [-0.05, 0) is 62.2 Å².